The number of Topliss-reactive ketones (excluding diaryl/α,β-unsaturated/α-hetero) is 1. The van der Waals surface area contributed by atoms with Crippen LogP contribution in [0.15, 0.2) is 12.7 Å². The van der Waals surface area contributed by atoms with Crippen molar-refractivity contribution in [2.24, 2.45) is 11.8 Å². The van der Waals surface area contributed by atoms with Crippen molar-refractivity contribution in [1.82, 2.24) is 0 Å². The lowest BCUT2D eigenvalue weighted by Crippen LogP contribution is -2.17. The first kappa shape index (κ1) is 21.4. The molecule has 0 N–H and O–H groups in total. The fourth-order valence-electron chi connectivity index (χ4n) is 3.08. The van der Waals surface area contributed by atoms with Crippen LogP contribution < -0.4 is 0 Å². The molecule has 0 amide bonds. The first-order valence-electron chi connectivity index (χ1n) is 9.78. The molecule has 0 saturated heterocycles. The van der Waals surface area contributed by atoms with Crippen LogP contribution in [0.25, 0.3) is 0 Å². The van der Waals surface area contributed by atoms with E-state index in [1.54, 1.807) is 0 Å². The molecule has 0 aliphatic rings. The SMILES string of the molecule is C=CC(C(=O)CCCCCCCCCCCCCC)C(C)C. The standard InChI is InChI=1S/C21H40O/c1-5-7-8-9-10-11-12-13-14-15-16-17-18-21(22)20(6-2)19(3)4/h6,19-20H,2,5,7-18H2,1,3-4H3. The minimum atomic E-state index is 0.0627. The van der Waals surface area contributed by atoms with E-state index in [4.69, 9.17) is 0 Å². The molecule has 0 aromatic carbocycles. The molecule has 0 radical (unpaired) electrons. The van der Waals surface area contributed by atoms with Gasteiger partial charge in [-0.15, -0.1) is 6.58 Å². The zero-order valence-corrected chi connectivity index (χ0v) is 15.5. The van der Waals surface area contributed by atoms with Crippen molar-refractivity contribution in [2.75, 3.05) is 0 Å². The Morgan fingerprint density at radius 2 is 1.23 bits per heavy atom. The minimum absolute atomic E-state index is 0.0627. The Kier molecular flexibility index (Phi) is 14.9. The number of hydrogen-bond acceptors (Lipinski definition) is 1. The molecule has 22 heavy (non-hydrogen) atoms. The van der Waals surface area contributed by atoms with Crippen molar-refractivity contribution in [3.63, 3.8) is 0 Å². The maximum absolute atomic E-state index is 12.0. The summed E-state index contributed by atoms with van der Waals surface area (Å²) in [6.07, 6.45) is 18.7. The molecule has 0 rings (SSSR count). The van der Waals surface area contributed by atoms with Crippen molar-refractivity contribution >= 4 is 5.78 Å². The summed E-state index contributed by atoms with van der Waals surface area (Å²) >= 11 is 0. The lowest BCUT2D eigenvalue weighted by atomic mass is 9.89. The van der Waals surface area contributed by atoms with E-state index in [0.29, 0.717) is 11.7 Å². The minimum Gasteiger partial charge on any atom is -0.299 e. The third-order valence-electron chi connectivity index (χ3n) is 4.62. The van der Waals surface area contributed by atoms with Gasteiger partial charge in [-0.2, -0.15) is 0 Å². The Labute approximate surface area is 140 Å². The molecule has 0 spiro atoms. The third-order valence-corrected chi connectivity index (χ3v) is 4.62. The summed E-state index contributed by atoms with van der Waals surface area (Å²) in [6.45, 7) is 10.3. The molecule has 0 aliphatic carbocycles. The lowest BCUT2D eigenvalue weighted by molar-refractivity contribution is -0.122. The molecule has 0 aliphatic heterocycles. The van der Waals surface area contributed by atoms with E-state index < -0.39 is 0 Å². The Morgan fingerprint density at radius 3 is 1.59 bits per heavy atom. The average Bonchev–Trinajstić information content (AvgIpc) is 2.48. The van der Waals surface area contributed by atoms with Crippen LogP contribution in [0.2, 0.25) is 0 Å². The number of allylic oxidation sites excluding steroid dienone is 1. The second-order valence-electron chi connectivity index (χ2n) is 7.11. The number of ketones is 1. The largest absolute Gasteiger partial charge is 0.299 e. The van der Waals surface area contributed by atoms with Crippen molar-refractivity contribution in [2.45, 2.75) is 104 Å². The van der Waals surface area contributed by atoms with Crippen LogP contribution in [0.1, 0.15) is 104 Å². The Balaban J connectivity index is 3.33. The normalized spacial score (nSPS) is 12.5. The highest BCUT2D eigenvalue weighted by Gasteiger charge is 2.17. The molecule has 0 aromatic rings. The highest BCUT2D eigenvalue weighted by atomic mass is 16.1. The van der Waals surface area contributed by atoms with Gasteiger partial charge in [0.2, 0.25) is 0 Å². The summed E-state index contributed by atoms with van der Waals surface area (Å²) in [5.41, 5.74) is 0. The number of carbonyl (C=O) groups excluding carboxylic acids is 1. The van der Waals surface area contributed by atoms with Crippen LogP contribution in [0.3, 0.4) is 0 Å². The summed E-state index contributed by atoms with van der Waals surface area (Å²) in [7, 11) is 0. The van der Waals surface area contributed by atoms with Crippen molar-refractivity contribution in [1.29, 1.82) is 0 Å². The monoisotopic (exact) mass is 308 g/mol. The first-order chi connectivity index (χ1) is 10.6. The van der Waals surface area contributed by atoms with Gasteiger partial charge < -0.3 is 0 Å². The molecular formula is C21H40O. The predicted octanol–water partition coefficient (Wildman–Crippen LogP) is 7.10. The van der Waals surface area contributed by atoms with E-state index in [0.717, 1.165) is 12.8 Å². The van der Waals surface area contributed by atoms with Crippen molar-refractivity contribution < 1.29 is 4.79 Å². The zero-order chi connectivity index (χ0) is 16.6. The first-order valence-corrected chi connectivity index (χ1v) is 9.78. The summed E-state index contributed by atoms with van der Waals surface area (Å²) in [4.78, 5) is 12.0. The second-order valence-corrected chi connectivity index (χ2v) is 7.11. The van der Waals surface area contributed by atoms with Gasteiger partial charge >= 0.3 is 0 Å². The molecular weight excluding hydrogens is 268 g/mol. The molecule has 1 unspecified atom stereocenters. The molecule has 0 heterocycles. The van der Waals surface area contributed by atoms with Gasteiger partial charge in [0.25, 0.3) is 0 Å². The van der Waals surface area contributed by atoms with Gasteiger partial charge in [0, 0.05) is 12.3 Å². The van der Waals surface area contributed by atoms with Gasteiger partial charge in [0.1, 0.15) is 5.78 Å². The molecule has 1 heteroatoms. The van der Waals surface area contributed by atoms with E-state index in [1.165, 1.54) is 70.6 Å². The summed E-state index contributed by atoms with van der Waals surface area (Å²) in [5.74, 6) is 0.840. The fraction of sp³-hybridized carbons (Fsp3) is 0.857. The molecule has 0 bridgehead atoms. The van der Waals surface area contributed by atoms with Crippen LogP contribution in [0, 0.1) is 11.8 Å². The predicted molar refractivity (Wildman–Crippen MR) is 99.2 cm³/mol. The van der Waals surface area contributed by atoms with Crippen molar-refractivity contribution in [3.8, 4) is 0 Å². The van der Waals surface area contributed by atoms with E-state index in [-0.39, 0.29) is 5.92 Å². The summed E-state index contributed by atoms with van der Waals surface area (Å²) < 4.78 is 0. The van der Waals surface area contributed by atoms with Gasteiger partial charge in [-0.1, -0.05) is 97.5 Å². The Hall–Kier alpha value is -0.590. The highest BCUT2D eigenvalue weighted by molar-refractivity contribution is 5.82. The number of unbranched alkanes of at least 4 members (excludes halogenated alkanes) is 11. The number of hydrogen-bond donors (Lipinski definition) is 0. The van der Waals surface area contributed by atoms with Crippen molar-refractivity contribution in [3.05, 3.63) is 12.7 Å². The summed E-state index contributed by atoms with van der Waals surface area (Å²) in [6, 6.07) is 0. The van der Waals surface area contributed by atoms with Gasteiger partial charge in [-0.3, -0.25) is 4.79 Å². The molecule has 1 atom stereocenters. The molecule has 0 saturated carbocycles. The van der Waals surface area contributed by atoms with E-state index in [9.17, 15) is 4.79 Å². The van der Waals surface area contributed by atoms with E-state index in [2.05, 4.69) is 27.4 Å². The quantitative estimate of drug-likeness (QED) is 0.219. The van der Waals surface area contributed by atoms with Crippen LogP contribution in [-0.2, 0) is 4.79 Å². The Morgan fingerprint density at radius 1 is 0.818 bits per heavy atom. The Bertz CT molecular complexity index is 267. The van der Waals surface area contributed by atoms with Crippen LogP contribution in [0.5, 0.6) is 0 Å². The van der Waals surface area contributed by atoms with Gasteiger partial charge in [-0.05, 0) is 12.3 Å². The highest BCUT2D eigenvalue weighted by Crippen LogP contribution is 2.17. The average molecular weight is 309 g/mol. The molecule has 0 aromatic heterocycles. The third kappa shape index (κ3) is 12.0. The smallest absolute Gasteiger partial charge is 0.139 e. The molecule has 130 valence electrons. The van der Waals surface area contributed by atoms with Gasteiger partial charge in [0.05, 0.1) is 0 Å². The topological polar surface area (TPSA) is 17.1 Å². The van der Waals surface area contributed by atoms with Gasteiger partial charge in [-0.25, -0.2) is 0 Å². The number of rotatable bonds is 16. The molecule has 0 fully saturated rings. The number of carbonyl (C=O) groups is 1. The van der Waals surface area contributed by atoms with Gasteiger partial charge in [0.15, 0.2) is 0 Å². The second kappa shape index (κ2) is 15.3. The fourth-order valence-corrected chi connectivity index (χ4v) is 3.08. The van der Waals surface area contributed by atoms with Crippen LogP contribution in [-0.4, -0.2) is 5.78 Å². The maximum atomic E-state index is 12.0. The lowest BCUT2D eigenvalue weighted by Gasteiger charge is -2.14. The summed E-state index contributed by atoms with van der Waals surface area (Å²) in [5, 5.41) is 0. The van der Waals surface area contributed by atoms with Crippen LogP contribution in [0.4, 0.5) is 0 Å². The van der Waals surface area contributed by atoms with E-state index in [1.807, 2.05) is 6.08 Å². The zero-order valence-electron chi connectivity index (χ0n) is 15.5. The van der Waals surface area contributed by atoms with Crippen LogP contribution >= 0.6 is 0 Å². The maximum Gasteiger partial charge on any atom is 0.139 e. The van der Waals surface area contributed by atoms with E-state index >= 15 is 0 Å². The molecule has 1 nitrogen and oxygen atoms in total.